The van der Waals surface area contributed by atoms with Gasteiger partial charge in [0.05, 0.1) is 18.4 Å². The summed E-state index contributed by atoms with van der Waals surface area (Å²) in [5, 5.41) is 4.03. The fourth-order valence-corrected chi connectivity index (χ4v) is 3.61. The number of ether oxygens (including phenoxy) is 1. The average molecular weight is 344 g/mol. The number of aryl methyl sites for hydroxylation is 2. The van der Waals surface area contributed by atoms with Crippen LogP contribution in [0, 0.1) is 0 Å². The second-order valence-corrected chi connectivity index (χ2v) is 6.64. The maximum atomic E-state index is 5.95. The van der Waals surface area contributed by atoms with Crippen LogP contribution in [0.4, 0.5) is 11.8 Å². The standard InChI is InChI=1S/C17H24N6O2/c1-2-15-20-14(22-25-15)9-11-10-23(7-8-24-11)16-12-5-3-4-6-13(12)19-17(18)21-16/h11H,2-10H2,1H3,(H2,18,19,21). The van der Waals surface area contributed by atoms with Crippen molar-refractivity contribution in [3.63, 3.8) is 0 Å². The Bertz CT molecular complexity index is 747. The minimum absolute atomic E-state index is 0.0199. The van der Waals surface area contributed by atoms with Crippen molar-refractivity contribution < 1.29 is 9.26 Å². The molecule has 4 rings (SSSR count). The van der Waals surface area contributed by atoms with E-state index in [-0.39, 0.29) is 6.10 Å². The SMILES string of the molecule is CCc1nc(CC2CN(c3nc(N)nc4c3CCCC4)CCO2)no1. The quantitative estimate of drug-likeness (QED) is 0.886. The number of hydrogen-bond donors (Lipinski definition) is 1. The minimum atomic E-state index is 0.0199. The molecule has 0 spiro atoms. The maximum Gasteiger partial charge on any atom is 0.226 e. The lowest BCUT2D eigenvalue weighted by molar-refractivity contribution is 0.0391. The molecule has 0 aromatic carbocycles. The molecule has 0 bridgehead atoms. The molecule has 2 aliphatic rings. The first-order valence-electron chi connectivity index (χ1n) is 9.06. The van der Waals surface area contributed by atoms with Crippen LogP contribution in [0.2, 0.25) is 0 Å². The molecule has 8 nitrogen and oxygen atoms in total. The summed E-state index contributed by atoms with van der Waals surface area (Å²) in [4.78, 5) is 15.7. The van der Waals surface area contributed by atoms with Crippen molar-refractivity contribution in [2.24, 2.45) is 0 Å². The first kappa shape index (κ1) is 16.3. The molecule has 1 fully saturated rings. The van der Waals surface area contributed by atoms with Crippen molar-refractivity contribution in [1.82, 2.24) is 20.1 Å². The van der Waals surface area contributed by atoms with Gasteiger partial charge in [-0.05, 0) is 25.7 Å². The van der Waals surface area contributed by atoms with Gasteiger partial charge < -0.3 is 19.9 Å². The molecule has 8 heteroatoms. The van der Waals surface area contributed by atoms with Gasteiger partial charge in [0.25, 0.3) is 0 Å². The zero-order chi connectivity index (χ0) is 17.2. The molecule has 25 heavy (non-hydrogen) atoms. The number of nitrogen functional groups attached to an aromatic ring is 1. The van der Waals surface area contributed by atoms with Gasteiger partial charge in [0, 0.05) is 31.5 Å². The average Bonchev–Trinajstić information content (AvgIpc) is 3.09. The van der Waals surface area contributed by atoms with E-state index in [0.29, 0.717) is 30.7 Å². The van der Waals surface area contributed by atoms with Crippen LogP contribution in [0.5, 0.6) is 0 Å². The topological polar surface area (TPSA) is 103 Å². The minimum Gasteiger partial charge on any atom is -0.374 e. The molecule has 1 aliphatic carbocycles. The Morgan fingerprint density at radius 1 is 1.20 bits per heavy atom. The van der Waals surface area contributed by atoms with Crippen molar-refractivity contribution in [3.8, 4) is 0 Å². The van der Waals surface area contributed by atoms with Gasteiger partial charge in [-0.1, -0.05) is 12.1 Å². The highest BCUT2D eigenvalue weighted by molar-refractivity contribution is 5.53. The fourth-order valence-electron chi connectivity index (χ4n) is 3.61. The Kier molecular flexibility index (Phi) is 4.52. The van der Waals surface area contributed by atoms with Gasteiger partial charge in [-0.25, -0.2) is 4.98 Å². The lowest BCUT2D eigenvalue weighted by Gasteiger charge is -2.35. The van der Waals surface area contributed by atoms with Gasteiger partial charge in [0.1, 0.15) is 5.82 Å². The van der Waals surface area contributed by atoms with Gasteiger partial charge >= 0.3 is 0 Å². The fraction of sp³-hybridized carbons (Fsp3) is 0.647. The highest BCUT2D eigenvalue weighted by Gasteiger charge is 2.27. The summed E-state index contributed by atoms with van der Waals surface area (Å²) in [5.74, 6) is 2.72. The molecular formula is C17H24N6O2. The Hall–Kier alpha value is -2.22. The third kappa shape index (κ3) is 3.44. The third-order valence-corrected chi connectivity index (χ3v) is 4.84. The zero-order valence-corrected chi connectivity index (χ0v) is 14.6. The van der Waals surface area contributed by atoms with Crippen LogP contribution in [0.3, 0.4) is 0 Å². The summed E-state index contributed by atoms with van der Waals surface area (Å²) in [5.41, 5.74) is 8.32. The van der Waals surface area contributed by atoms with E-state index < -0.39 is 0 Å². The van der Waals surface area contributed by atoms with Crippen molar-refractivity contribution >= 4 is 11.8 Å². The molecule has 1 unspecified atom stereocenters. The molecule has 134 valence electrons. The Morgan fingerprint density at radius 2 is 2.08 bits per heavy atom. The van der Waals surface area contributed by atoms with E-state index in [4.69, 9.17) is 15.0 Å². The van der Waals surface area contributed by atoms with E-state index in [1.807, 2.05) is 6.92 Å². The smallest absolute Gasteiger partial charge is 0.226 e. The Balaban J connectivity index is 1.52. The maximum absolute atomic E-state index is 5.95. The number of morpholine rings is 1. The van der Waals surface area contributed by atoms with Gasteiger partial charge in [0.2, 0.25) is 11.8 Å². The zero-order valence-electron chi connectivity index (χ0n) is 14.6. The summed E-state index contributed by atoms with van der Waals surface area (Å²) in [6, 6.07) is 0. The summed E-state index contributed by atoms with van der Waals surface area (Å²) in [6.45, 7) is 4.21. The van der Waals surface area contributed by atoms with Crippen molar-refractivity contribution in [2.75, 3.05) is 30.3 Å². The largest absolute Gasteiger partial charge is 0.374 e. The van der Waals surface area contributed by atoms with E-state index in [1.165, 1.54) is 18.4 Å². The molecule has 1 aliphatic heterocycles. The van der Waals surface area contributed by atoms with Crippen molar-refractivity contribution in [3.05, 3.63) is 23.0 Å². The molecule has 2 N–H and O–H groups in total. The molecule has 1 atom stereocenters. The van der Waals surface area contributed by atoms with E-state index in [2.05, 4.69) is 25.0 Å². The van der Waals surface area contributed by atoms with E-state index in [9.17, 15) is 0 Å². The van der Waals surface area contributed by atoms with Crippen LogP contribution in [0.25, 0.3) is 0 Å². The van der Waals surface area contributed by atoms with Crippen LogP contribution in [-0.4, -0.2) is 45.9 Å². The van der Waals surface area contributed by atoms with Gasteiger partial charge in [0.15, 0.2) is 5.82 Å². The van der Waals surface area contributed by atoms with E-state index >= 15 is 0 Å². The number of fused-ring (bicyclic) bond motifs is 1. The molecule has 0 radical (unpaired) electrons. The molecular weight excluding hydrogens is 320 g/mol. The number of nitrogens with zero attached hydrogens (tertiary/aromatic N) is 5. The summed E-state index contributed by atoms with van der Waals surface area (Å²) in [7, 11) is 0. The Morgan fingerprint density at radius 3 is 2.92 bits per heavy atom. The van der Waals surface area contributed by atoms with E-state index in [1.54, 1.807) is 0 Å². The number of anilines is 2. The summed E-state index contributed by atoms with van der Waals surface area (Å²) in [6.07, 6.45) is 5.78. The molecule has 0 saturated carbocycles. The monoisotopic (exact) mass is 344 g/mol. The predicted molar refractivity (Wildman–Crippen MR) is 92.4 cm³/mol. The highest BCUT2D eigenvalue weighted by Crippen LogP contribution is 2.29. The van der Waals surface area contributed by atoms with Crippen LogP contribution in [-0.2, 0) is 30.4 Å². The van der Waals surface area contributed by atoms with Gasteiger partial charge in [-0.2, -0.15) is 9.97 Å². The molecule has 2 aromatic rings. The van der Waals surface area contributed by atoms with Crippen LogP contribution in [0.15, 0.2) is 4.52 Å². The number of aromatic nitrogens is 4. The van der Waals surface area contributed by atoms with Crippen LogP contribution >= 0.6 is 0 Å². The number of hydrogen-bond acceptors (Lipinski definition) is 8. The van der Waals surface area contributed by atoms with Gasteiger partial charge in [-0.15, -0.1) is 0 Å². The van der Waals surface area contributed by atoms with Crippen molar-refractivity contribution in [1.29, 1.82) is 0 Å². The highest BCUT2D eigenvalue weighted by atomic mass is 16.5. The van der Waals surface area contributed by atoms with E-state index in [0.717, 1.165) is 43.9 Å². The predicted octanol–water partition coefficient (Wildman–Crippen LogP) is 1.33. The number of rotatable bonds is 4. The summed E-state index contributed by atoms with van der Waals surface area (Å²) < 4.78 is 11.1. The summed E-state index contributed by atoms with van der Waals surface area (Å²) >= 11 is 0. The molecule has 3 heterocycles. The molecule has 1 saturated heterocycles. The second kappa shape index (κ2) is 6.95. The van der Waals surface area contributed by atoms with Crippen LogP contribution in [0.1, 0.15) is 42.7 Å². The lowest BCUT2D eigenvalue weighted by atomic mass is 9.96. The lowest BCUT2D eigenvalue weighted by Crippen LogP contribution is -2.44. The first-order chi connectivity index (χ1) is 12.2. The third-order valence-electron chi connectivity index (χ3n) is 4.84. The molecule has 2 aromatic heterocycles. The molecule has 0 amide bonds. The number of nitrogens with two attached hydrogens (primary N) is 1. The van der Waals surface area contributed by atoms with Crippen LogP contribution < -0.4 is 10.6 Å². The van der Waals surface area contributed by atoms with Crippen molar-refractivity contribution in [2.45, 2.75) is 51.6 Å². The Labute approximate surface area is 146 Å². The van der Waals surface area contributed by atoms with Gasteiger partial charge in [-0.3, -0.25) is 0 Å². The second-order valence-electron chi connectivity index (χ2n) is 6.64. The normalized spacial score (nSPS) is 20.5. The first-order valence-corrected chi connectivity index (χ1v) is 9.06.